The molecule has 0 aromatic carbocycles. The van der Waals surface area contributed by atoms with Gasteiger partial charge in [0.05, 0.1) is 19.6 Å². The molecule has 1 fully saturated rings. The van der Waals surface area contributed by atoms with Crippen molar-refractivity contribution in [2.24, 2.45) is 10.9 Å². The van der Waals surface area contributed by atoms with Crippen LogP contribution in [-0.4, -0.2) is 62.7 Å². The highest BCUT2D eigenvalue weighted by Gasteiger charge is 2.22. The molecule has 1 aliphatic heterocycles. The maximum Gasteiger partial charge on any atom is 0.310 e. The lowest BCUT2D eigenvalue weighted by molar-refractivity contribution is -0.144. The Balaban J connectivity index is 0.00000441. The Bertz CT molecular complexity index is 352. The number of ether oxygens (including phenoxy) is 1. The fraction of sp³-hybridized carbons (Fsp3) is 0.867. The Kier molecular flexibility index (Phi) is 11.6. The topological polar surface area (TPSA) is 66.0 Å². The van der Waals surface area contributed by atoms with Gasteiger partial charge in [0.2, 0.25) is 0 Å². The number of hydrogen-bond donors (Lipinski definition) is 2. The van der Waals surface area contributed by atoms with Gasteiger partial charge in [-0.1, -0.05) is 13.8 Å². The predicted octanol–water partition coefficient (Wildman–Crippen LogP) is 1.45. The van der Waals surface area contributed by atoms with Gasteiger partial charge in [-0.3, -0.25) is 14.7 Å². The summed E-state index contributed by atoms with van der Waals surface area (Å²) in [6.45, 7) is 10.5. The second-order valence-electron chi connectivity index (χ2n) is 5.45. The number of guanidine groups is 1. The van der Waals surface area contributed by atoms with Crippen LogP contribution in [0.15, 0.2) is 4.99 Å². The smallest absolute Gasteiger partial charge is 0.310 e. The first-order valence-corrected chi connectivity index (χ1v) is 7.96. The second-order valence-corrected chi connectivity index (χ2v) is 5.45. The summed E-state index contributed by atoms with van der Waals surface area (Å²) in [4.78, 5) is 18.4. The second kappa shape index (κ2) is 11.9. The summed E-state index contributed by atoms with van der Waals surface area (Å²) in [5, 5.41) is 6.60. The number of nitrogens with zero attached hydrogens (tertiary/aromatic N) is 2. The normalized spacial score (nSPS) is 20.2. The molecule has 0 aromatic heterocycles. The molecule has 7 heteroatoms. The molecule has 0 amide bonds. The van der Waals surface area contributed by atoms with Crippen molar-refractivity contribution in [3.05, 3.63) is 0 Å². The molecule has 1 rings (SSSR count). The summed E-state index contributed by atoms with van der Waals surface area (Å²) < 4.78 is 4.72. The number of likely N-dealkylation sites (tertiary alicyclic amines) is 1. The zero-order chi connectivity index (χ0) is 15.7. The largest absolute Gasteiger partial charge is 0.469 e. The molecule has 1 aliphatic rings. The van der Waals surface area contributed by atoms with Gasteiger partial charge in [0.1, 0.15) is 0 Å². The van der Waals surface area contributed by atoms with Crippen molar-refractivity contribution in [1.82, 2.24) is 15.5 Å². The molecule has 0 saturated carbocycles. The van der Waals surface area contributed by atoms with Gasteiger partial charge < -0.3 is 15.4 Å². The molecule has 6 nitrogen and oxygen atoms in total. The molecular formula is C15H31IN4O2. The van der Waals surface area contributed by atoms with Crippen molar-refractivity contribution in [3.8, 4) is 0 Å². The Hall–Kier alpha value is -0.570. The van der Waals surface area contributed by atoms with E-state index in [2.05, 4.69) is 27.4 Å². The molecule has 1 heterocycles. The van der Waals surface area contributed by atoms with Gasteiger partial charge >= 0.3 is 5.97 Å². The SMILES string of the molecule is CCNC(=NCC(C)C(=O)OC)NCC1CCCN1CC.I. The number of carbonyl (C=O) groups is 1. The molecule has 0 aromatic rings. The van der Waals surface area contributed by atoms with E-state index in [4.69, 9.17) is 4.74 Å². The van der Waals surface area contributed by atoms with Crippen molar-refractivity contribution in [2.45, 2.75) is 39.7 Å². The molecular weight excluding hydrogens is 395 g/mol. The Morgan fingerprint density at radius 3 is 2.73 bits per heavy atom. The minimum atomic E-state index is -0.220. The van der Waals surface area contributed by atoms with E-state index in [9.17, 15) is 4.79 Å². The summed E-state index contributed by atoms with van der Waals surface area (Å²) in [5.41, 5.74) is 0. The Morgan fingerprint density at radius 1 is 1.41 bits per heavy atom. The van der Waals surface area contributed by atoms with Gasteiger partial charge in [0, 0.05) is 19.1 Å². The van der Waals surface area contributed by atoms with E-state index in [-0.39, 0.29) is 35.9 Å². The molecule has 0 bridgehead atoms. The first kappa shape index (κ1) is 21.4. The van der Waals surface area contributed by atoms with E-state index in [0.29, 0.717) is 12.6 Å². The van der Waals surface area contributed by atoms with E-state index in [1.807, 2.05) is 13.8 Å². The molecule has 2 unspecified atom stereocenters. The molecule has 22 heavy (non-hydrogen) atoms. The van der Waals surface area contributed by atoms with Crippen LogP contribution in [0.25, 0.3) is 0 Å². The van der Waals surface area contributed by atoms with Crippen LogP contribution in [0.3, 0.4) is 0 Å². The number of nitrogens with one attached hydrogen (secondary N) is 2. The Labute approximate surface area is 151 Å². The maximum absolute atomic E-state index is 11.4. The minimum Gasteiger partial charge on any atom is -0.469 e. The van der Waals surface area contributed by atoms with E-state index >= 15 is 0 Å². The van der Waals surface area contributed by atoms with Crippen LogP contribution < -0.4 is 10.6 Å². The third-order valence-corrected chi connectivity index (χ3v) is 3.88. The van der Waals surface area contributed by atoms with Crippen LogP contribution in [0.5, 0.6) is 0 Å². The van der Waals surface area contributed by atoms with Crippen molar-refractivity contribution in [2.75, 3.05) is 39.8 Å². The number of hydrogen-bond acceptors (Lipinski definition) is 4. The number of esters is 1. The summed E-state index contributed by atoms with van der Waals surface area (Å²) in [7, 11) is 1.41. The molecule has 2 N–H and O–H groups in total. The molecule has 0 radical (unpaired) electrons. The first-order chi connectivity index (χ1) is 10.1. The molecule has 2 atom stereocenters. The number of carbonyl (C=O) groups excluding carboxylic acids is 1. The van der Waals surface area contributed by atoms with E-state index in [1.165, 1.54) is 26.5 Å². The van der Waals surface area contributed by atoms with Crippen LogP contribution in [0.1, 0.15) is 33.6 Å². The van der Waals surface area contributed by atoms with E-state index < -0.39 is 0 Å². The monoisotopic (exact) mass is 426 g/mol. The highest BCUT2D eigenvalue weighted by molar-refractivity contribution is 14.0. The first-order valence-electron chi connectivity index (χ1n) is 7.96. The summed E-state index contributed by atoms with van der Waals surface area (Å²) in [5.74, 6) is 0.336. The number of halogens is 1. The third kappa shape index (κ3) is 7.13. The summed E-state index contributed by atoms with van der Waals surface area (Å²) >= 11 is 0. The predicted molar refractivity (Wildman–Crippen MR) is 101 cm³/mol. The van der Waals surface area contributed by atoms with Crippen LogP contribution in [0.4, 0.5) is 0 Å². The lowest BCUT2D eigenvalue weighted by Crippen LogP contribution is -2.45. The third-order valence-electron chi connectivity index (χ3n) is 3.88. The van der Waals surface area contributed by atoms with Crippen LogP contribution in [-0.2, 0) is 9.53 Å². The number of methoxy groups -OCH3 is 1. The van der Waals surface area contributed by atoms with Gasteiger partial charge in [0.15, 0.2) is 5.96 Å². The van der Waals surface area contributed by atoms with Gasteiger partial charge in [-0.25, -0.2) is 0 Å². The van der Waals surface area contributed by atoms with Crippen molar-refractivity contribution < 1.29 is 9.53 Å². The lowest BCUT2D eigenvalue weighted by Gasteiger charge is -2.24. The summed E-state index contributed by atoms with van der Waals surface area (Å²) in [6.07, 6.45) is 2.51. The van der Waals surface area contributed by atoms with Gasteiger partial charge in [-0.15, -0.1) is 24.0 Å². The van der Waals surface area contributed by atoms with Crippen molar-refractivity contribution >= 4 is 35.9 Å². The molecule has 130 valence electrons. The zero-order valence-corrected chi connectivity index (χ0v) is 16.6. The zero-order valence-electron chi connectivity index (χ0n) is 14.2. The van der Waals surface area contributed by atoms with E-state index in [1.54, 1.807) is 0 Å². The fourth-order valence-electron chi connectivity index (χ4n) is 2.60. The van der Waals surface area contributed by atoms with Gasteiger partial charge in [0.25, 0.3) is 0 Å². The van der Waals surface area contributed by atoms with Crippen LogP contribution >= 0.6 is 24.0 Å². The fourth-order valence-corrected chi connectivity index (χ4v) is 2.60. The molecule has 0 aliphatic carbocycles. The minimum absolute atomic E-state index is 0. The quantitative estimate of drug-likeness (QED) is 0.279. The highest BCUT2D eigenvalue weighted by Crippen LogP contribution is 2.15. The average Bonchev–Trinajstić information content (AvgIpc) is 2.96. The Morgan fingerprint density at radius 2 is 2.14 bits per heavy atom. The van der Waals surface area contributed by atoms with Gasteiger partial charge in [-0.2, -0.15) is 0 Å². The highest BCUT2D eigenvalue weighted by atomic mass is 127. The summed E-state index contributed by atoms with van der Waals surface area (Å²) in [6, 6.07) is 0.580. The van der Waals surface area contributed by atoms with E-state index in [0.717, 1.165) is 25.6 Å². The van der Waals surface area contributed by atoms with Gasteiger partial charge in [-0.05, 0) is 32.9 Å². The molecule has 0 spiro atoms. The van der Waals surface area contributed by atoms with Crippen LogP contribution in [0.2, 0.25) is 0 Å². The lowest BCUT2D eigenvalue weighted by atomic mass is 10.2. The number of rotatable bonds is 7. The van der Waals surface area contributed by atoms with Crippen molar-refractivity contribution in [3.63, 3.8) is 0 Å². The number of aliphatic imine (C=N–C) groups is 1. The average molecular weight is 426 g/mol. The standard InChI is InChI=1S/C15H30N4O2.HI/c1-5-16-15(17-10-12(3)14(20)21-4)18-11-13-8-7-9-19(13)6-2;/h12-13H,5-11H2,1-4H3,(H2,16,17,18);1H. The van der Waals surface area contributed by atoms with Crippen LogP contribution in [0, 0.1) is 5.92 Å². The van der Waals surface area contributed by atoms with Crippen molar-refractivity contribution in [1.29, 1.82) is 0 Å². The molecule has 1 saturated heterocycles. The number of likely N-dealkylation sites (N-methyl/N-ethyl adjacent to an activating group) is 1. The maximum atomic E-state index is 11.4.